The minimum atomic E-state index is -4.56. The van der Waals surface area contributed by atoms with Crippen molar-refractivity contribution in [1.29, 1.82) is 0 Å². The van der Waals surface area contributed by atoms with E-state index in [1.54, 1.807) is 6.07 Å². The van der Waals surface area contributed by atoms with Crippen LogP contribution in [-0.4, -0.2) is 55.1 Å². The number of ether oxygens (including phenoxy) is 1. The van der Waals surface area contributed by atoms with Crippen molar-refractivity contribution >= 4 is 17.4 Å². The monoisotopic (exact) mass is 430 g/mol. The third-order valence-corrected chi connectivity index (χ3v) is 4.52. The molecule has 6 nitrogen and oxygen atoms in total. The third kappa shape index (κ3) is 5.78. The molecule has 0 unspecified atom stereocenters. The number of piperazine rings is 1. The predicted molar refractivity (Wildman–Crippen MR) is 99.6 cm³/mol. The molecule has 1 aromatic heterocycles. The Morgan fingerprint density at radius 1 is 1.10 bits per heavy atom. The minimum Gasteiger partial charge on any atom is -0.433 e. The number of carbonyl (C=O) groups excluding carboxylic acids is 1. The van der Waals surface area contributed by atoms with Gasteiger partial charge < -0.3 is 15.0 Å². The average Bonchev–Trinajstić information content (AvgIpc) is 2.68. The number of pyridine rings is 1. The number of nitrogens with one attached hydrogen (secondary N) is 1. The van der Waals surface area contributed by atoms with Gasteiger partial charge in [0.2, 0.25) is 5.91 Å². The topological polar surface area (TPSA) is 57.7 Å². The van der Waals surface area contributed by atoms with Crippen molar-refractivity contribution < 1.29 is 31.5 Å². The Morgan fingerprint density at radius 3 is 2.40 bits per heavy atom. The quantitative estimate of drug-likeness (QED) is 0.712. The molecule has 162 valence electrons. The molecule has 1 amide bonds. The first kappa shape index (κ1) is 21.8. The molecule has 0 saturated carbocycles. The summed E-state index contributed by atoms with van der Waals surface area (Å²) in [4.78, 5) is 20.0. The summed E-state index contributed by atoms with van der Waals surface area (Å²) in [6, 6.07) is 7.78. The maximum atomic E-state index is 13.0. The number of nitrogens with zero attached hydrogens (tertiary/aromatic N) is 3. The van der Waals surface area contributed by atoms with E-state index in [4.69, 9.17) is 0 Å². The van der Waals surface area contributed by atoms with Gasteiger partial charge in [-0.05, 0) is 24.3 Å². The molecule has 3 rings (SSSR count). The smallest absolute Gasteiger partial charge is 0.418 e. The van der Waals surface area contributed by atoms with Gasteiger partial charge in [-0.1, -0.05) is 12.1 Å². The molecule has 2 aromatic rings. The highest BCUT2D eigenvalue weighted by molar-refractivity contribution is 5.93. The van der Waals surface area contributed by atoms with E-state index < -0.39 is 24.3 Å². The normalized spacial score (nSPS) is 15.3. The highest BCUT2D eigenvalue weighted by atomic mass is 19.4. The molecule has 11 heteroatoms. The number of benzene rings is 1. The first-order valence-electron chi connectivity index (χ1n) is 9.06. The van der Waals surface area contributed by atoms with Crippen LogP contribution < -0.4 is 15.0 Å². The van der Waals surface area contributed by atoms with Crippen molar-refractivity contribution in [2.24, 2.45) is 0 Å². The molecule has 0 bridgehead atoms. The number of hydrogen-bond donors (Lipinski definition) is 1. The van der Waals surface area contributed by atoms with Gasteiger partial charge in [0.15, 0.2) is 0 Å². The molecule has 30 heavy (non-hydrogen) atoms. The summed E-state index contributed by atoms with van der Waals surface area (Å²) in [5.41, 5.74) is -1.17. The summed E-state index contributed by atoms with van der Waals surface area (Å²) in [6.07, 6.45) is -3.35. The van der Waals surface area contributed by atoms with Gasteiger partial charge in [-0.3, -0.25) is 9.69 Å². The van der Waals surface area contributed by atoms with Crippen LogP contribution in [0.5, 0.6) is 5.75 Å². The lowest BCUT2D eigenvalue weighted by Crippen LogP contribution is -2.49. The molecule has 0 spiro atoms. The second-order valence-electron chi connectivity index (χ2n) is 6.59. The summed E-state index contributed by atoms with van der Waals surface area (Å²) < 4.78 is 67.7. The minimum absolute atomic E-state index is 0.0387. The average molecular weight is 430 g/mol. The Morgan fingerprint density at radius 2 is 1.80 bits per heavy atom. The second kappa shape index (κ2) is 9.24. The Hall–Kier alpha value is -2.95. The van der Waals surface area contributed by atoms with E-state index >= 15 is 0 Å². The SMILES string of the molecule is O=C(CN1CCN(c2ccc(OC(F)F)cn2)CC1)Nc1ccccc1C(F)(F)F. The lowest BCUT2D eigenvalue weighted by molar-refractivity contribution is -0.137. The Bertz CT molecular complexity index is 853. The first-order chi connectivity index (χ1) is 14.2. The number of rotatable bonds is 6. The lowest BCUT2D eigenvalue weighted by atomic mass is 10.1. The second-order valence-corrected chi connectivity index (χ2v) is 6.59. The van der Waals surface area contributed by atoms with Crippen LogP contribution in [-0.2, 0) is 11.0 Å². The Kier molecular flexibility index (Phi) is 6.70. The largest absolute Gasteiger partial charge is 0.433 e. The van der Waals surface area contributed by atoms with E-state index in [0.717, 1.165) is 6.07 Å². The highest BCUT2D eigenvalue weighted by Gasteiger charge is 2.33. The van der Waals surface area contributed by atoms with E-state index in [9.17, 15) is 26.7 Å². The highest BCUT2D eigenvalue weighted by Crippen LogP contribution is 2.34. The fourth-order valence-corrected chi connectivity index (χ4v) is 3.10. The van der Waals surface area contributed by atoms with Crippen LogP contribution in [0, 0.1) is 0 Å². The molecule has 1 N–H and O–H groups in total. The first-order valence-corrected chi connectivity index (χ1v) is 9.06. The van der Waals surface area contributed by atoms with Crippen molar-refractivity contribution in [3.63, 3.8) is 0 Å². The zero-order chi connectivity index (χ0) is 21.7. The number of aromatic nitrogens is 1. The van der Waals surface area contributed by atoms with Gasteiger partial charge in [0.05, 0.1) is 24.0 Å². The fourth-order valence-electron chi connectivity index (χ4n) is 3.10. The van der Waals surface area contributed by atoms with Crippen molar-refractivity contribution in [1.82, 2.24) is 9.88 Å². The predicted octanol–water partition coefficient (Wildman–Crippen LogP) is 3.46. The maximum Gasteiger partial charge on any atom is 0.418 e. The Balaban J connectivity index is 1.51. The van der Waals surface area contributed by atoms with E-state index in [1.807, 2.05) is 9.80 Å². The summed E-state index contributed by atoms with van der Waals surface area (Å²) >= 11 is 0. The lowest BCUT2D eigenvalue weighted by Gasteiger charge is -2.35. The molecule has 1 aliphatic rings. The molecule has 0 radical (unpaired) electrons. The molecule has 1 saturated heterocycles. The molecular formula is C19H19F5N4O2. The van der Waals surface area contributed by atoms with Gasteiger partial charge in [0.1, 0.15) is 11.6 Å². The zero-order valence-corrected chi connectivity index (χ0v) is 15.7. The molecule has 2 heterocycles. The van der Waals surface area contributed by atoms with Crippen LogP contribution in [0.15, 0.2) is 42.6 Å². The number of alkyl halides is 5. The summed E-state index contributed by atoms with van der Waals surface area (Å²) in [6.45, 7) is -0.941. The van der Waals surface area contributed by atoms with Crippen molar-refractivity contribution in [3.05, 3.63) is 48.2 Å². The maximum absolute atomic E-state index is 13.0. The van der Waals surface area contributed by atoms with Gasteiger partial charge in [-0.25, -0.2) is 4.98 Å². The van der Waals surface area contributed by atoms with Gasteiger partial charge >= 0.3 is 12.8 Å². The van der Waals surface area contributed by atoms with Crippen LogP contribution in [0.4, 0.5) is 33.5 Å². The van der Waals surface area contributed by atoms with Crippen molar-refractivity contribution in [2.45, 2.75) is 12.8 Å². The number of para-hydroxylation sites is 1. The Labute approximate surface area is 169 Å². The molecular weight excluding hydrogens is 411 g/mol. The van der Waals surface area contributed by atoms with Crippen LogP contribution in [0.1, 0.15) is 5.56 Å². The van der Waals surface area contributed by atoms with Crippen LogP contribution in [0.3, 0.4) is 0 Å². The summed E-state index contributed by atoms with van der Waals surface area (Å²) in [5, 5.41) is 2.33. The number of carbonyl (C=O) groups is 1. The summed E-state index contributed by atoms with van der Waals surface area (Å²) in [7, 11) is 0. The van der Waals surface area contributed by atoms with E-state index in [2.05, 4.69) is 15.0 Å². The van der Waals surface area contributed by atoms with Crippen molar-refractivity contribution in [3.8, 4) is 5.75 Å². The zero-order valence-electron chi connectivity index (χ0n) is 15.7. The van der Waals surface area contributed by atoms with E-state index in [-0.39, 0.29) is 18.0 Å². The number of amides is 1. The standard InChI is InChI=1S/C19H19F5N4O2/c20-18(21)30-13-5-6-16(25-11-13)28-9-7-27(8-10-28)12-17(29)26-15-4-2-1-3-14(15)19(22,23)24/h1-6,11,18H,7-10,12H2,(H,26,29). The van der Waals surface area contributed by atoms with Gasteiger partial charge in [0.25, 0.3) is 0 Å². The van der Waals surface area contributed by atoms with Crippen LogP contribution >= 0.6 is 0 Å². The van der Waals surface area contributed by atoms with Crippen molar-refractivity contribution in [2.75, 3.05) is 42.9 Å². The number of hydrogen-bond acceptors (Lipinski definition) is 5. The third-order valence-electron chi connectivity index (χ3n) is 4.52. The number of halogens is 5. The molecule has 1 aromatic carbocycles. The molecule has 0 aliphatic carbocycles. The van der Waals surface area contributed by atoms with Gasteiger partial charge in [0, 0.05) is 26.2 Å². The van der Waals surface area contributed by atoms with Gasteiger partial charge in [-0.15, -0.1) is 0 Å². The molecule has 1 fully saturated rings. The number of anilines is 2. The van der Waals surface area contributed by atoms with Gasteiger partial charge in [-0.2, -0.15) is 22.0 Å². The van der Waals surface area contributed by atoms with Crippen LogP contribution in [0.2, 0.25) is 0 Å². The fraction of sp³-hybridized carbons (Fsp3) is 0.368. The molecule has 0 atom stereocenters. The van der Waals surface area contributed by atoms with E-state index in [0.29, 0.717) is 32.0 Å². The van der Waals surface area contributed by atoms with Crippen LogP contribution in [0.25, 0.3) is 0 Å². The molecule has 1 aliphatic heterocycles. The van der Waals surface area contributed by atoms with E-state index in [1.165, 1.54) is 30.5 Å². The summed E-state index contributed by atoms with van der Waals surface area (Å²) in [5.74, 6) is 0.00907.